The van der Waals surface area contributed by atoms with Crippen LogP contribution in [0.4, 0.5) is 17.6 Å². The lowest BCUT2D eigenvalue weighted by atomic mass is 9.96. The number of benzene rings is 2. The molecule has 1 heterocycles. The fraction of sp³-hybridized carbons (Fsp3) is 0.393. The molecule has 0 aliphatic heterocycles. The van der Waals surface area contributed by atoms with Gasteiger partial charge in [-0.2, -0.15) is 0 Å². The molecule has 192 valence electrons. The van der Waals surface area contributed by atoms with E-state index in [2.05, 4.69) is 11.9 Å². The summed E-state index contributed by atoms with van der Waals surface area (Å²) in [4.78, 5) is 4.27. The Hall–Kier alpha value is -3.13. The summed E-state index contributed by atoms with van der Waals surface area (Å²) in [7, 11) is 0. The van der Waals surface area contributed by atoms with Crippen molar-refractivity contribution in [1.29, 1.82) is 0 Å². The fourth-order valence-corrected chi connectivity index (χ4v) is 4.30. The highest BCUT2D eigenvalue weighted by Gasteiger charge is 2.22. The molecule has 0 spiro atoms. The maximum absolute atomic E-state index is 14.7. The van der Waals surface area contributed by atoms with Gasteiger partial charge in [0.1, 0.15) is 12.4 Å². The van der Waals surface area contributed by atoms with Crippen molar-refractivity contribution in [3.8, 4) is 22.8 Å². The van der Waals surface area contributed by atoms with Crippen molar-refractivity contribution in [2.24, 2.45) is 5.92 Å². The van der Waals surface area contributed by atoms with Gasteiger partial charge in [0, 0.05) is 29.8 Å². The molecular weight excluding hydrogens is 474 g/mol. The molecular formula is C28H29F4NO3. The first-order valence-electron chi connectivity index (χ1n) is 11.9. The monoisotopic (exact) mass is 503 g/mol. The number of hydrogen-bond acceptors (Lipinski definition) is 4. The molecule has 0 bridgehead atoms. The van der Waals surface area contributed by atoms with Gasteiger partial charge in [0.2, 0.25) is 5.88 Å². The van der Waals surface area contributed by atoms with Crippen LogP contribution in [-0.2, 0) is 19.4 Å². The Balaban J connectivity index is 1.56. The smallest absolute Gasteiger partial charge is 0.264 e. The molecule has 3 aromatic rings. The van der Waals surface area contributed by atoms with E-state index in [0.29, 0.717) is 11.8 Å². The maximum Gasteiger partial charge on any atom is 0.264 e. The SMILES string of the molecule is CC1Cc2cnc(OCc3cc(-c4ccc(OCCC(C)(C)O)c(F)c4)c(C(F)F)cc3F)cc2C1. The number of pyridine rings is 1. The predicted octanol–water partition coefficient (Wildman–Crippen LogP) is 6.82. The molecule has 1 aromatic heterocycles. The second-order valence-corrected chi connectivity index (χ2v) is 9.98. The lowest BCUT2D eigenvalue weighted by Crippen LogP contribution is -2.21. The van der Waals surface area contributed by atoms with Gasteiger partial charge in [-0.15, -0.1) is 0 Å². The molecule has 8 heteroatoms. The number of fused-ring (bicyclic) bond motifs is 1. The standard InChI is InChI=1S/C28H29F4NO3/c1-16-8-18-12-26(33-14-19(18)9-16)36-15-20-10-21(22(27(31)32)13-23(20)29)17-4-5-25(24(30)11-17)35-7-6-28(2,3)34/h4-5,10-14,16,27,34H,6-9,15H2,1-3H3. The number of ether oxygens (including phenoxy) is 2. The van der Waals surface area contributed by atoms with Gasteiger partial charge in [-0.1, -0.05) is 13.0 Å². The van der Waals surface area contributed by atoms with Gasteiger partial charge in [-0.3, -0.25) is 0 Å². The molecule has 1 aliphatic carbocycles. The van der Waals surface area contributed by atoms with Gasteiger partial charge in [0.15, 0.2) is 11.6 Å². The number of aliphatic hydroxyl groups is 1. The van der Waals surface area contributed by atoms with Gasteiger partial charge >= 0.3 is 0 Å². The van der Waals surface area contributed by atoms with Crippen molar-refractivity contribution in [1.82, 2.24) is 4.98 Å². The molecule has 4 rings (SSSR count). The van der Waals surface area contributed by atoms with Crippen molar-refractivity contribution in [3.63, 3.8) is 0 Å². The van der Waals surface area contributed by atoms with E-state index in [1.807, 2.05) is 6.07 Å². The lowest BCUT2D eigenvalue weighted by molar-refractivity contribution is 0.0547. The van der Waals surface area contributed by atoms with Crippen LogP contribution in [0, 0.1) is 17.6 Å². The highest BCUT2D eigenvalue weighted by atomic mass is 19.3. The molecule has 1 unspecified atom stereocenters. The lowest BCUT2D eigenvalue weighted by Gasteiger charge is -2.18. The second kappa shape index (κ2) is 10.5. The number of alkyl halides is 2. The summed E-state index contributed by atoms with van der Waals surface area (Å²) in [6, 6.07) is 7.70. The number of rotatable bonds is 9. The van der Waals surface area contributed by atoms with E-state index in [9.17, 15) is 22.7 Å². The van der Waals surface area contributed by atoms with Crippen molar-refractivity contribution in [2.75, 3.05) is 6.61 Å². The molecule has 0 amide bonds. The summed E-state index contributed by atoms with van der Waals surface area (Å²) in [6.07, 6.45) is 0.942. The average molecular weight is 504 g/mol. The van der Waals surface area contributed by atoms with Crippen LogP contribution in [0.5, 0.6) is 11.6 Å². The van der Waals surface area contributed by atoms with Crippen molar-refractivity contribution < 1.29 is 32.1 Å². The van der Waals surface area contributed by atoms with Gasteiger partial charge in [0.25, 0.3) is 6.43 Å². The van der Waals surface area contributed by atoms with Crippen LogP contribution >= 0.6 is 0 Å². The molecule has 2 aromatic carbocycles. The predicted molar refractivity (Wildman–Crippen MR) is 128 cm³/mol. The molecule has 1 N–H and O–H groups in total. The minimum absolute atomic E-state index is 0.00248. The van der Waals surface area contributed by atoms with E-state index in [4.69, 9.17) is 9.47 Å². The molecule has 1 aliphatic rings. The molecule has 0 saturated carbocycles. The highest BCUT2D eigenvalue weighted by Crippen LogP contribution is 2.36. The summed E-state index contributed by atoms with van der Waals surface area (Å²) in [5, 5.41) is 9.77. The van der Waals surface area contributed by atoms with Gasteiger partial charge in [0.05, 0.1) is 12.2 Å². The fourth-order valence-electron chi connectivity index (χ4n) is 4.30. The Kier molecular flexibility index (Phi) is 7.54. The maximum atomic E-state index is 14.7. The molecule has 1 atom stereocenters. The van der Waals surface area contributed by atoms with Crippen LogP contribution in [0.1, 0.15) is 55.9 Å². The van der Waals surface area contributed by atoms with E-state index in [-0.39, 0.29) is 42.1 Å². The van der Waals surface area contributed by atoms with Crippen LogP contribution in [0.25, 0.3) is 11.1 Å². The normalized spacial score (nSPS) is 15.3. The van der Waals surface area contributed by atoms with E-state index in [1.54, 1.807) is 20.0 Å². The Labute approximate surface area is 207 Å². The van der Waals surface area contributed by atoms with Crippen molar-refractivity contribution in [3.05, 3.63) is 76.5 Å². The van der Waals surface area contributed by atoms with E-state index >= 15 is 0 Å². The molecule has 36 heavy (non-hydrogen) atoms. The Morgan fingerprint density at radius 2 is 1.78 bits per heavy atom. The minimum atomic E-state index is -2.96. The Bertz CT molecular complexity index is 1240. The third-order valence-corrected chi connectivity index (χ3v) is 6.24. The third-order valence-electron chi connectivity index (χ3n) is 6.24. The van der Waals surface area contributed by atoms with Crippen LogP contribution in [0.2, 0.25) is 0 Å². The third kappa shape index (κ3) is 6.16. The number of halogens is 4. The number of aromatic nitrogens is 1. The minimum Gasteiger partial charge on any atom is -0.490 e. The van der Waals surface area contributed by atoms with Crippen LogP contribution in [0.15, 0.2) is 42.6 Å². The van der Waals surface area contributed by atoms with Crippen LogP contribution in [-0.4, -0.2) is 22.3 Å². The first kappa shape index (κ1) is 25.9. The van der Waals surface area contributed by atoms with Crippen LogP contribution < -0.4 is 9.47 Å². The number of hydrogen-bond donors (Lipinski definition) is 1. The summed E-state index contributed by atoms with van der Waals surface area (Å²) in [6.45, 7) is 5.23. The molecule has 0 fully saturated rings. The van der Waals surface area contributed by atoms with E-state index in [1.165, 1.54) is 23.8 Å². The van der Waals surface area contributed by atoms with Crippen molar-refractivity contribution in [2.45, 2.75) is 58.7 Å². The van der Waals surface area contributed by atoms with Gasteiger partial charge in [-0.25, -0.2) is 22.5 Å². The summed E-state index contributed by atoms with van der Waals surface area (Å²) in [5.74, 6) is -0.791. The van der Waals surface area contributed by atoms with Gasteiger partial charge < -0.3 is 14.6 Å². The zero-order valence-corrected chi connectivity index (χ0v) is 20.5. The topological polar surface area (TPSA) is 51.6 Å². The first-order valence-corrected chi connectivity index (χ1v) is 11.9. The second-order valence-electron chi connectivity index (χ2n) is 9.98. The Morgan fingerprint density at radius 1 is 1.03 bits per heavy atom. The van der Waals surface area contributed by atoms with E-state index in [0.717, 1.165) is 30.5 Å². The largest absolute Gasteiger partial charge is 0.490 e. The molecule has 0 saturated heterocycles. The zero-order valence-electron chi connectivity index (χ0n) is 20.5. The quantitative estimate of drug-likeness (QED) is 0.326. The summed E-state index contributed by atoms with van der Waals surface area (Å²) < 4.78 is 68.0. The highest BCUT2D eigenvalue weighted by molar-refractivity contribution is 5.69. The van der Waals surface area contributed by atoms with Crippen molar-refractivity contribution >= 4 is 0 Å². The average Bonchev–Trinajstić information content (AvgIpc) is 3.17. The number of nitrogens with zero attached hydrogens (tertiary/aromatic N) is 1. The zero-order chi connectivity index (χ0) is 26.0. The van der Waals surface area contributed by atoms with Gasteiger partial charge in [-0.05, 0) is 79.1 Å². The molecule has 0 radical (unpaired) electrons. The molecule has 4 nitrogen and oxygen atoms in total. The first-order chi connectivity index (χ1) is 17.0. The summed E-state index contributed by atoms with van der Waals surface area (Å²) >= 11 is 0. The van der Waals surface area contributed by atoms with E-state index < -0.39 is 29.2 Å². The Morgan fingerprint density at radius 3 is 2.47 bits per heavy atom. The van der Waals surface area contributed by atoms with Crippen LogP contribution in [0.3, 0.4) is 0 Å². The summed E-state index contributed by atoms with van der Waals surface area (Å²) in [5.41, 5.74) is 1.00.